The Morgan fingerprint density at radius 2 is 2.03 bits per heavy atom. The molecule has 0 radical (unpaired) electrons. The summed E-state index contributed by atoms with van der Waals surface area (Å²) in [7, 11) is 0. The molecule has 3 aromatic rings. The van der Waals surface area contributed by atoms with Gasteiger partial charge < -0.3 is 19.7 Å². The minimum atomic E-state index is -1.28. The van der Waals surface area contributed by atoms with Gasteiger partial charge in [0.15, 0.2) is 11.3 Å². The van der Waals surface area contributed by atoms with Crippen LogP contribution in [0.15, 0.2) is 66.0 Å². The van der Waals surface area contributed by atoms with Crippen LogP contribution in [0.1, 0.15) is 23.1 Å². The SMILES string of the molecule is O=C(O)C1=C(N2CCCc3ccccc3C2)OC(=Cc2c[nH]c3ncccc23)C1=O. The number of hydrogen-bond acceptors (Lipinski definition) is 5. The van der Waals surface area contributed by atoms with Crippen LogP contribution in [0.4, 0.5) is 0 Å². The molecular weight excluding hydrogens is 382 g/mol. The second kappa shape index (κ2) is 7.18. The maximum Gasteiger partial charge on any atom is 0.345 e. The molecule has 0 unspecified atom stereocenters. The Morgan fingerprint density at radius 1 is 1.20 bits per heavy atom. The summed E-state index contributed by atoms with van der Waals surface area (Å²) in [5.41, 5.74) is 3.44. The van der Waals surface area contributed by atoms with Crippen molar-refractivity contribution in [1.82, 2.24) is 14.9 Å². The van der Waals surface area contributed by atoms with Crippen molar-refractivity contribution < 1.29 is 19.4 Å². The van der Waals surface area contributed by atoms with Gasteiger partial charge in [0.25, 0.3) is 0 Å². The van der Waals surface area contributed by atoms with Crippen LogP contribution in [0.2, 0.25) is 0 Å². The number of benzene rings is 1. The first kappa shape index (κ1) is 18.2. The largest absolute Gasteiger partial charge is 0.477 e. The highest BCUT2D eigenvalue weighted by Gasteiger charge is 2.38. The standard InChI is InChI=1S/C23H19N3O4/c27-20-18(11-16-12-25-21-17(16)8-3-9-24-21)30-22(19(20)23(28)29)26-10-4-7-14-5-1-2-6-15(14)13-26/h1-3,5-6,8-9,11-12H,4,7,10,13H2,(H,24,25)(H,28,29). The third-order valence-electron chi connectivity index (χ3n) is 5.50. The summed E-state index contributed by atoms with van der Waals surface area (Å²) in [6.07, 6.45) is 6.72. The predicted octanol–water partition coefficient (Wildman–Crippen LogP) is 3.25. The molecule has 7 nitrogen and oxygen atoms in total. The fourth-order valence-electron chi connectivity index (χ4n) is 4.04. The van der Waals surface area contributed by atoms with Gasteiger partial charge in [0.2, 0.25) is 11.7 Å². The second-order valence-corrected chi connectivity index (χ2v) is 7.36. The van der Waals surface area contributed by atoms with E-state index in [2.05, 4.69) is 16.0 Å². The Labute approximate surface area is 172 Å². The maximum absolute atomic E-state index is 12.9. The molecule has 0 saturated carbocycles. The quantitative estimate of drug-likeness (QED) is 0.517. The first-order valence-corrected chi connectivity index (χ1v) is 9.77. The maximum atomic E-state index is 12.9. The van der Waals surface area contributed by atoms with Gasteiger partial charge >= 0.3 is 5.97 Å². The number of fused-ring (bicyclic) bond motifs is 2. The summed E-state index contributed by atoms with van der Waals surface area (Å²) in [4.78, 5) is 34.0. The number of aliphatic carboxylic acids is 1. The van der Waals surface area contributed by atoms with Gasteiger partial charge in [0, 0.05) is 36.4 Å². The lowest BCUT2D eigenvalue weighted by atomic mass is 10.0. The highest BCUT2D eigenvalue weighted by molar-refractivity contribution is 6.26. The summed E-state index contributed by atoms with van der Waals surface area (Å²) in [6, 6.07) is 11.8. The number of aromatic amines is 1. The van der Waals surface area contributed by atoms with Gasteiger partial charge in [-0.05, 0) is 42.2 Å². The molecule has 4 heterocycles. The number of hydrogen-bond donors (Lipinski definition) is 2. The third-order valence-corrected chi connectivity index (χ3v) is 5.50. The van der Waals surface area contributed by atoms with E-state index in [1.54, 1.807) is 24.5 Å². The Balaban J connectivity index is 1.52. The Kier molecular flexibility index (Phi) is 4.35. The van der Waals surface area contributed by atoms with Gasteiger partial charge in [-0.1, -0.05) is 24.3 Å². The molecule has 2 N–H and O–H groups in total. The molecule has 0 spiro atoms. The minimum absolute atomic E-state index is 0.00434. The van der Waals surface area contributed by atoms with Crippen molar-refractivity contribution in [2.45, 2.75) is 19.4 Å². The van der Waals surface area contributed by atoms with E-state index in [1.165, 1.54) is 5.56 Å². The fraction of sp³-hybridized carbons (Fsp3) is 0.174. The van der Waals surface area contributed by atoms with Crippen LogP contribution in [0.3, 0.4) is 0 Å². The number of Topliss-reactive ketones (excluding diaryl/α,β-unsaturated/α-hetero) is 1. The van der Waals surface area contributed by atoms with Gasteiger partial charge in [-0.15, -0.1) is 0 Å². The van der Waals surface area contributed by atoms with E-state index in [0.29, 0.717) is 24.3 Å². The molecule has 0 fully saturated rings. The molecular formula is C23H19N3O4. The van der Waals surface area contributed by atoms with Gasteiger partial charge in [-0.2, -0.15) is 0 Å². The average molecular weight is 401 g/mol. The van der Waals surface area contributed by atoms with Crippen molar-refractivity contribution in [2.75, 3.05) is 6.54 Å². The Hall–Kier alpha value is -3.87. The number of carbonyl (C=O) groups excluding carboxylic acids is 1. The van der Waals surface area contributed by atoms with Gasteiger partial charge in [-0.3, -0.25) is 4.79 Å². The molecule has 0 bridgehead atoms. The van der Waals surface area contributed by atoms with Crippen LogP contribution in [-0.4, -0.2) is 38.3 Å². The van der Waals surface area contributed by atoms with Crippen LogP contribution in [-0.2, 0) is 27.3 Å². The van der Waals surface area contributed by atoms with E-state index in [0.717, 1.165) is 23.8 Å². The summed E-state index contributed by atoms with van der Waals surface area (Å²) in [6.45, 7) is 1.11. The minimum Gasteiger partial charge on any atom is -0.477 e. The van der Waals surface area contributed by atoms with Crippen molar-refractivity contribution in [3.63, 3.8) is 0 Å². The summed E-state index contributed by atoms with van der Waals surface area (Å²) in [5.74, 6) is -1.78. The number of H-pyrrole nitrogens is 1. The van der Waals surface area contributed by atoms with Crippen LogP contribution < -0.4 is 0 Å². The van der Waals surface area contributed by atoms with E-state index in [9.17, 15) is 14.7 Å². The number of nitrogens with one attached hydrogen (secondary N) is 1. The Bertz CT molecular complexity index is 1240. The number of carboxylic acids is 1. The summed E-state index contributed by atoms with van der Waals surface area (Å²) in [5, 5.41) is 10.6. The molecule has 5 rings (SSSR count). The zero-order valence-corrected chi connectivity index (χ0v) is 16.1. The van der Waals surface area contributed by atoms with E-state index < -0.39 is 11.8 Å². The highest BCUT2D eigenvalue weighted by Crippen LogP contribution is 2.33. The molecule has 2 aromatic heterocycles. The van der Waals surface area contributed by atoms with Crippen molar-refractivity contribution >= 4 is 28.9 Å². The number of pyridine rings is 1. The zero-order chi connectivity index (χ0) is 20.7. The van der Waals surface area contributed by atoms with Crippen molar-refractivity contribution in [3.8, 4) is 0 Å². The molecule has 7 heteroatoms. The molecule has 2 aliphatic rings. The number of nitrogens with zero attached hydrogens (tertiary/aromatic N) is 2. The number of carboxylic acid groups (broad SMARTS) is 1. The van der Waals surface area contributed by atoms with Crippen LogP contribution in [0.5, 0.6) is 0 Å². The molecule has 0 amide bonds. The topological polar surface area (TPSA) is 95.5 Å². The number of aromatic nitrogens is 2. The van der Waals surface area contributed by atoms with E-state index in [1.807, 2.05) is 29.2 Å². The number of aryl methyl sites for hydroxylation is 1. The van der Waals surface area contributed by atoms with E-state index in [-0.39, 0.29) is 17.2 Å². The van der Waals surface area contributed by atoms with Crippen molar-refractivity contribution in [2.24, 2.45) is 0 Å². The monoisotopic (exact) mass is 401 g/mol. The molecule has 1 aromatic carbocycles. The summed E-state index contributed by atoms with van der Waals surface area (Å²) >= 11 is 0. The molecule has 0 aliphatic carbocycles. The van der Waals surface area contributed by atoms with E-state index in [4.69, 9.17) is 4.74 Å². The molecule has 30 heavy (non-hydrogen) atoms. The second-order valence-electron chi connectivity index (χ2n) is 7.36. The first-order valence-electron chi connectivity index (χ1n) is 9.77. The highest BCUT2D eigenvalue weighted by atomic mass is 16.5. The van der Waals surface area contributed by atoms with Crippen molar-refractivity contribution in [1.29, 1.82) is 0 Å². The number of ether oxygens (including phenoxy) is 1. The number of allylic oxidation sites excluding steroid dienone is 1. The van der Waals surface area contributed by atoms with Crippen LogP contribution in [0, 0.1) is 0 Å². The first-order chi connectivity index (χ1) is 14.6. The van der Waals surface area contributed by atoms with Gasteiger partial charge in [-0.25, -0.2) is 9.78 Å². The van der Waals surface area contributed by atoms with E-state index >= 15 is 0 Å². The van der Waals surface area contributed by atoms with Crippen LogP contribution in [0.25, 0.3) is 17.1 Å². The molecule has 150 valence electrons. The fourth-order valence-corrected chi connectivity index (χ4v) is 4.04. The average Bonchev–Trinajstić information content (AvgIpc) is 3.21. The smallest absolute Gasteiger partial charge is 0.345 e. The molecule has 2 aliphatic heterocycles. The Morgan fingerprint density at radius 3 is 2.87 bits per heavy atom. The molecule has 0 atom stereocenters. The zero-order valence-electron chi connectivity index (χ0n) is 16.1. The normalized spacial score (nSPS) is 17.9. The van der Waals surface area contributed by atoms with Gasteiger partial charge in [0.1, 0.15) is 5.65 Å². The summed E-state index contributed by atoms with van der Waals surface area (Å²) < 4.78 is 5.88. The predicted molar refractivity (Wildman–Crippen MR) is 110 cm³/mol. The third kappa shape index (κ3) is 3.04. The van der Waals surface area contributed by atoms with Gasteiger partial charge in [0.05, 0.1) is 0 Å². The number of rotatable bonds is 3. The number of ketones is 1. The van der Waals surface area contributed by atoms with Crippen molar-refractivity contribution in [3.05, 3.63) is 82.7 Å². The lowest BCUT2D eigenvalue weighted by molar-refractivity contribution is -0.134. The van der Waals surface area contributed by atoms with Crippen LogP contribution >= 0.6 is 0 Å². The lowest BCUT2D eigenvalue weighted by Gasteiger charge is -2.23. The lowest BCUT2D eigenvalue weighted by Crippen LogP contribution is -2.25. The number of carbonyl (C=O) groups is 2. The molecule has 0 saturated heterocycles.